The molecule has 0 fully saturated rings. The van der Waals surface area contributed by atoms with Gasteiger partial charge < -0.3 is 0 Å². The minimum Gasteiger partial charge on any atom is 2.00 e. The van der Waals surface area contributed by atoms with E-state index in [4.69, 9.17) is 13.2 Å². The summed E-state index contributed by atoms with van der Waals surface area (Å²) in [4.78, 5) is 0. The van der Waals surface area contributed by atoms with Crippen molar-refractivity contribution < 1.29 is 34.2 Å². The fraction of sp³-hybridized carbons (Fsp3) is 0. The Morgan fingerprint density at radius 1 is 1.17 bits per heavy atom. The van der Waals surface area contributed by atoms with E-state index in [1.54, 1.807) is 0 Å². The molecule has 0 aliphatic heterocycles. The SMILES string of the molecule is O=[Te](=O)([O-])[O-].[W+2]. The first kappa shape index (κ1) is 10.1. The molecule has 0 saturated heterocycles. The molecule has 0 bridgehead atoms. The molecule has 0 rings (SSSR count). The first-order valence-corrected chi connectivity index (χ1v) is 4.47. The maximum atomic E-state index is 8.63. The Kier molecular flexibility index (Phi) is 5.14. The second-order valence-corrected chi connectivity index (χ2v) is 2.74. The molecule has 6 heteroatoms. The molecule has 0 amide bonds. The van der Waals surface area contributed by atoms with Crippen molar-refractivity contribution in [2.75, 3.05) is 0 Å². The minimum atomic E-state index is -6.02. The maximum Gasteiger partial charge on any atom is 2.00 e. The zero-order valence-corrected chi connectivity index (χ0v) is 7.71. The summed E-state index contributed by atoms with van der Waals surface area (Å²) in [6.45, 7) is 0. The van der Waals surface area contributed by atoms with Gasteiger partial charge in [0.05, 0.1) is 0 Å². The Hall–Kier alpha value is 0.998. The quantitative estimate of drug-likeness (QED) is 0.423. The molecule has 0 saturated carbocycles. The van der Waals surface area contributed by atoms with Crippen LogP contribution in [0.15, 0.2) is 0 Å². The predicted molar refractivity (Wildman–Crippen MR) is 7.13 cm³/mol. The van der Waals surface area contributed by atoms with Crippen LogP contribution in [0.5, 0.6) is 0 Å². The van der Waals surface area contributed by atoms with Gasteiger partial charge in [-0.2, -0.15) is 0 Å². The number of hydrogen-bond acceptors (Lipinski definition) is 4. The zero-order valence-electron chi connectivity index (χ0n) is 2.45. The second kappa shape index (κ2) is 3.06. The van der Waals surface area contributed by atoms with Crippen molar-refractivity contribution in [2.45, 2.75) is 0 Å². The Morgan fingerprint density at radius 3 is 1.17 bits per heavy atom. The third-order valence-electron chi connectivity index (χ3n) is 0. The van der Waals surface area contributed by atoms with Crippen LogP contribution in [-0.4, -0.2) is 19.0 Å². The van der Waals surface area contributed by atoms with Crippen LogP contribution < -0.4 is 6.94 Å². The molecule has 0 N–H and O–H groups in total. The molecule has 0 radical (unpaired) electrons. The van der Waals surface area contributed by atoms with Gasteiger partial charge >= 0.3 is 53.2 Å². The molecular weight excluding hydrogens is 375 g/mol. The summed E-state index contributed by atoms with van der Waals surface area (Å²) < 4.78 is 34.5. The van der Waals surface area contributed by atoms with Gasteiger partial charge in [0.15, 0.2) is 0 Å². The van der Waals surface area contributed by atoms with Crippen molar-refractivity contribution in [1.29, 1.82) is 0 Å². The van der Waals surface area contributed by atoms with Crippen molar-refractivity contribution >= 4 is 19.0 Å². The van der Waals surface area contributed by atoms with Crippen molar-refractivity contribution in [3.05, 3.63) is 0 Å². The number of hydrogen-bond donors (Lipinski definition) is 0. The van der Waals surface area contributed by atoms with E-state index in [0.29, 0.717) is 0 Å². The van der Waals surface area contributed by atoms with E-state index in [1.807, 2.05) is 0 Å². The van der Waals surface area contributed by atoms with Crippen LogP contribution in [-0.2, 0) is 27.3 Å². The molecule has 0 aliphatic rings. The van der Waals surface area contributed by atoms with Crippen LogP contribution in [0.2, 0.25) is 0 Å². The molecule has 0 atom stereocenters. The summed E-state index contributed by atoms with van der Waals surface area (Å²) in [6.07, 6.45) is 0. The third-order valence-corrected chi connectivity index (χ3v) is 0. The van der Waals surface area contributed by atoms with Crippen molar-refractivity contribution in [1.82, 2.24) is 0 Å². The van der Waals surface area contributed by atoms with Crippen LogP contribution >= 0.6 is 0 Å². The third kappa shape index (κ3) is 80.2. The van der Waals surface area contributed by atoms with Crippen LogP contribution in [0.4, 0.5) is 0 Å². The molecule has 0 unspecified atom stereocenters. The average molecular weight is 375 g/mol. The zero-order chi connectivity index (χ0) is 4.50. The first-order chi connectivity index (χ1) is 2.00. The normalized spacial score (nSPS) is 9.67. The van der Waals surface area contributed by atoms with Gasteiger partial charge in [-0.15, -0.1) is 0 Å². The first-order valence-electron chi connectivity index (χ1n) is 0.667. The molecule has 36 valence electrons. The van der Waals surface area contributed by atoms with Crippen LogP contribution in [0.1, 0.15) is 0 Å². The second-order valence-electron chi connectivity index (χ2n) is 0.408. The van der Waals surface area contributed by atoms with Crippen molar-refractivity contribution in [3.8, 4) is 0 Å². The topological polar surface area (TPSA) is 80.3 Å². The molecule has 6 heavy (non-hydrogen) atoms. The van der Waals surface area contributed by atoms with E-state index in [2.05, 4.69) is 0 Å². The molecule has 0 aromatic rings. The van der Waals surface area contributed by atoms with Gasteiger partial charge in [0, 0.05) is 0 Å². The van der Waals surface area contributed by atoms with E-state index >= 15 is 0 Å². The van der Waals surface area contributed by atoms with E-state index in [0.717, 1.165) is 0 Å². The summed E-state index contributed by atoms with van der Waals surface area (Å²) in [5, 5.41) is 0. The molecule has 0 spiro atoms. The molecular formula is O4TeW. The summed E-state index contributed by atoms with van der Waals surface area (Å²) >= 11 is -6.02. The largest absolute Gasteiger partial charge is 2.00 e. The van der Waals surface area contributed by atoms with Crippen LogP contribution in [0.25, 0.3) is 0 Å². The van der Waals surface area contributed by atoms with Gasteiger partial charge in [-0.25, -0.2) is 0 Å². The van der Waals surface area contributed by atoms with Crippen molar-refractivity contribution in [2.24, 2.45) is 0 Å². The van der Waals surface area contributed by atoms with Gasteiger partial charge in [-0.05, 0) is 0 Å². The predicted octanol–water partition coefficient (Wildman–Crippen LogP) is -3.00. The summed E-state index contributed by atoms with van der Waals surface area (Å²) in [5.41, 5.74) is 0. The summed E-state index contributed by atoms with van der Waals surface area (Å²) in [6, 6.07) is 0. The van der Waals surface area contributed by atoms with Gasteiger partial charge in [-0.3, -0.25) is 0 Å². The van der Waals surface area contributed by atoms with E-state index in [1.165, 1.54) is 0 Å². The smallest absolute Gasteiger partial charge is 2.00 e. The number of rotatable bonds is 0. The minimum absolute atomic E-state index is 0. The fourth-order valence-corrected chi connectivity index (χ4v) is 0. The molecule has 4 nitrogen and oxygen atoms in total. The maximum absolute atomic E-state index is 8.63. The molecule has 0 aromatic heterocycles. The fourth-order valence-electron chi connectivity index (χ4n) is 0. The van der Waals surface area contributed by atoms with Gasteiger partial charge in [0.25, 0.3) is 0 Å². The summed E-state index contributed by atoms with van der Waals surface area (Å²) in [7, 11) is 0. The van der Waals surface area contributed by atoms with Gasteiger partial charge in [-0.1, -0.05) is 0 Å². The van der Waals surface area contributed by atoms with E-state index < -0.39 is 19.0 Å². The standard InChI is InChI=1S/H2O4Te.W/c1-5(2,3)4;/h(H2,1,2,3,4);/q;+2/p-2. The summed E-state index contributed by atoms with van der Waals surface area (Å²) in [5.74, 6) is 0. The van der Waals surface area contributed by atoms with Crippen LogP contribution in [0, 0.1) is 0 Å². The van der Waals surface area contributed by atoms with Crippen molar-refractivity contribution in [3.63, 3.8) is 0 Å². The Labute approximate surface area is 53.1 Å². The van der Waals surface area contributed by atoms with Gasteiger partial charge in [0.1, 0.15) is 0 Å². The van der Waals surface area contributed by atoms with Crippen LogP contribution in [0.3, 0.4) is 0 Å². The molecule has 0 aliphatic carbocycles. The average Bonchev–Trinajstić information content (AvgIpc) is 0.722. The van der Waals surface area contributed by atoms with E-state index in [-0.39, 0.29) is 21.1 Å². The Balaban J connectivity index is 0. The van der Waals surface area contributed by atoms with Gasteiger partial charge in [0.2, 0.25) is 0 Å². The molecule has 0 aromatic carbocycles. The monoisotopic (exact) mass is 378 g/mol. The Morgan fingerprint density at radius 2 is 1.17 bits per heavy atom. The Bertz CT molecular complexity index is 90.7. The molecule has 0 heterocycles. The van der Waals surface area contributed by atoms with E-state index in [9.17, 15) is 0 Å².